The molecule has 0 bridgehead atoms. The van der Waals surface area contributed by atoms with E-state index in [4.69, 9.17) is 18.9 Å². The quantitative estimate of drug-likeness (QED) is 0.505. The molecule has 0 saturated heterocycles. The summed E-state index contributed by atoms with van der Waals surface area (Å²) in [5.41, 5.74) is 0.362. The van der Waals surface area contributed by atoms with Crippen LogP contribution in [-0.4, -0.2) is 33.0 Å². The average Bonchev–Trinajstić information content (AvgIpc) is 2.61. The minimum absolute atomic E-state index is 0. The first-order valence-electron chi connectivity index (χ1n) is 7.86. The van der Waals surface area contributed by atoms with E-state index in [1.165, 1.54) is 14.2 Å². The molecule has 134 valence electrons. The van der Waals surface area contributed by atoms with Gasteiger partial charge in [0.05, 0.1) is 27.4 Å². The van der Waals surface area contributed by atoms with Crippen LogP contribution in [0.3, 0.4) is 0 Å². The molecule has 0 heterocycles. The van der Waals surface area contributed by atoms with Gasteiger partial charge in [0.1, 0.15) is 28.6 Å². The van der Waals surface area contributed by atoms with Crippen LogP contribution in [0.1, 0.15) is 24.2 Å². The number of carbonyl (C=O) groups excluding carboxylic acids is 1. The van der Waals surface area contributed by atoms with Crippen molar-refractivity contribution in [3.05, 3.63) is 42.0 Å². The molecule has 0 amide bonds. The predicted octanol–water partition coefficient (Wildman–Crippen LogP) is 0.648. The first kappa shape index (κ1) is 22.4. The normalized spacial score (nSPS) is 10.5. The molecule has 0 aliphatic carbocycles. The Morgan fingerprint density at radius 2 is 1.42 bits per heavy atom. The van der Waals surface area contributed by atoms with Crippen LogP contribution in [0.25, 0.3) is 0 Å². The molecular formula is C19H23LiO5P+. The van der Waals surface area contributed by atoms with Gasteiger partial charge in [-0.05, 0) is 39.9 Å². The van der Waals surface area contributed by atoms with E-state index < -0.39 is 0 Å². The molecule has 1 atom stereocenters. The summed E-state index contributed by atoms with van der Waals surface area (Å²) >= 11 is 0. The van der Waals surface area contributed by atoms with Crippen molar-refractivity contribution >= 4 is 19.4 Å². The van der Waals surface area contributed by atoms with Crippen molar-refractivity contribution in [2.75, 3.05) is 21.3 Å². The maximum Gasteiger partial charge on any atom is 1.00 e. The molecule has 0 saturated carbocycles. The molecule has 0 fully saturated rings. The number of rotatable bonds is 8. The molecule has 26 heavy (non-hydrogen) atoms. The largest absolute Gasteiger partial charge is 1.00 e. The van der Waals surface area contributed by atoms with Crippen molar-refractivity contribution < 1.29 is 42.6 Å². The molecule has 0 spiro atoms. The van der Waals surface area contributed by atoms with Gasteiger partial charge in [-0.25, -0.2) is 0 Å². The van der Waals surface area contributed by atoms with Crippen LogP contribution in [0, 0.1) is 0 Å². The van der Waals surface area contributed by atoms with Gasteiger partial charge in [0, 0.05) is 12.1 Å². The second kappa shape index (κ2) is 10.5. The minimum Gasteiger partial charge on any atom is -0.496 e. The molecule has 0 radical (unpaired) electrons. The standard InChI is InChI=1S/C19H23O5P.Li/c1-12(2)24-13-6-8-15(9-7-13)25-19(20)18-16(22-4)10-14(21-3)11-17(18)23-5;/h6-12,25H,1-5H3;/q;+1. The molecule has 0 N–H and O–H groups in total. The smallest absolute Gasteiger partial charge is 0.496 e. The van der Waals surface area contributed by atoms with Gasteiger partial charge in [-0.1, -0.05) is 12.1 Å². The van der Waals surface area contributed by atoms with Gasteiger partial charge in [-0.2, -0.15) is 0 Å². The number of hydrogen-bond donors (Lipinski definition) is 0. The summed E-state index contributed by atoms with van der Waals surface area (Å²) in [6.07, 6.45) is 0.114. The maximum absolute atomic E-state index is 12.8. The van der Waals surface area contributed by atoms with Crippen molar-refractivity contribution in [2.24, 2.45) is 0 Å². The molecule has 0 aromatic heterocycles. The van der Waals surface area contributed by atoms with Crippen LogP contribution >= 0.6 is 8.58 Å². The van der Waals surface area contributed by atoms with Gasteiger partial charge in [-0.3, -0.25) is 4.79 Å². The first-order valence-corrected chi connectivity index (χ1v) is 8.86. The molecule has 0 aliphatic rings. The fourth-order valence-electron chi connectivity index (χ4n) is 2.31. The van der Waals surface area contributed by atoms with Gasteiger partial charge in [0.2, 0.25) is 0 Å². The van der Waals surface area contributed by atoms with Crippen LogP contribution in [0.15, 0.2) is 36.4 Å². The number of benzene rings is 2. The molecular weight excluding hydrogens is 346 g/mol. The Morgan fingerprint density at radius 1 is 0.885 bits per heavy atom. The van der Waals surface area contributed by atoms with Gasteiger partial charge in [-0.15, -0.1) is 0 Å². The third-order valence-corrected chi connectivity index (χ3v) is 4.53. The summed E-state index contributed by atoms with van der Waals surface area (Å²) in [6.45, 7) is 3.95. The molecule has 5 nitrogen and oxygen atoms in total. The van der Waals surface area contributed by atoms with E-state index in [0.717, 1.165) is 11.1 Å². The fourth-order valence-corrected chi connectivity index (χ4v) is 3.28. The molecule has 2 rings (SSSR count). The summed E-state index contributed by atoms with van der Waals surface area (Å²) in [5.74, 6) is 2.24. The van der Waals surface area contributed by atoms with Gasteiger partial charge in [0.15, 0.2) is 5.52 Å². The van der Waals surface area contributed by atoms with Gasteiger partial charge in [0.25, 0.3) is 0 Å². The Bertz CT molecular complexity index is 706. The number of carbonyl (C=O) groups is 1. The number of hydrogen-bond acceptors (Lipinski definition) is 5. The fraction of sp³-hybridized carbons (Fsp3) is 0.316. The van der Waals surface area contributed by atoms with Crippen molar-refractivity contribution in [3.8, 4) is 23.0 Å². The van der Waals surface area contributed by atoms with Crippen molar-refractivity contribution in [3.63, 3.8) is 0 Å². The Hall–Kier alpha value is -1.66. The van der Waals surface area contributed by atoms with Crippen molar-refractivity contribution in [2.45, 2.75) is 20.0 Å². The zero-order chi connectivity index (χ0) is 18.4. The van der Waals surface area contributed by atoms with Crippen molar-refractivity contribution in [1.82, 2.24) is 0 Å². The van der Waals surface area contributed by atoms with Crippen LogP contribution in [0.5, 0.6) is 23.0 Å². The van der Waals surface area contributed by atoms with E-state index >= 15 is 0 Å². The molecule has 2 aromatic carbocycles. The monoisotopic (exact) mass is 369 g/mol. The summed E-state index contributed by atoms with van der Waals surface area (Å²) in [7, 11) is 4.54. The maximum atomic E-state index is 12.8. The average molecular weight is 369 g/mol. The summed E-state index contributed by atoms with van der Waals surface area (Å²) < 4.78 is 21.5. The zero-order valence-electron chi connectivity index (χ0n) is 16.1. The minimum atomic E-state index is -0.0612. The van der Waals surface area contributed by atoms with Crippen LogP contribution in [0.2, 0.25) is 0 Å². The molecule has 0 aliphatic heterocycles. The Morgan fingerprint density at radius 3 is 1.85 bits per heavy atom. The van der Waals surface area contributed by atoms with E-state index in [-0.39, 0.29) is 39.1 Å². The van der Waals surface area contributed by atoms with Gasteiger partial charge < -0.3 is 18.9 Å². The SMILES string of the molecule is COc1cc(OC)c(C(=O)Pc2ccc(OC(C)C)cc2)c(OC)c1.[Li+]. The van der Waals surface area contributed by atoms with E-state index in [9.17, 15) is 4.79 Å². The van der Waals surface area contributed by atoms with E-state index in [1.807, 2.05) is 38.1 Å². The summed E-state index contributed by atoms with van der Waals surface area (Å²) in [5, 5.41) is 0.918. The van der Waals surface area contributed by atoms with E-state index in [0.29, 0.717) is 22.8 Å². The van der Waals surface area contributed by atoms with Crippen LogP contribution in [-0.2, 0) is 0 Å². The van der Waals surface area contributed by atoms with Gasteiger partial charge >= 0.3 is 18.9 Å². The third-order valence-electron chi connectivity index (χ3n) is 3.43. The molecule has 7 heteroatoms. The zero-order valence-corrected chi connectivity index (χ0v) is 17.1. The number of ether oxygens (including phenoxy) is 4. The first-order chi connectivity index (χ1) is 12.0. The topological polar surface area (TPSA) is 54.0 Å². The van der Waals surface area contributed by atoms with Crippen LogP contribution in [0.4, 0.5) is 0 Å². The molecule has 1 unspecified atom stereocenters. The summed E-state index contributed by atoms with van der Waals surface area (Å²) in [4.78, 5) is 12.8. The van der Waals surface area contributed by atoms with E-state index in [2.05, 4.69) is 0 Å². The Labute approximate surface area is 168 Å². The third kappa shape index (κ3) is 5.67. The Balaban J connectivity index is 0.00000338. The van der Waals surface area contributed by atoms with Crippen molar-refractivity contribution in [1.29, 1.82) is 0 Å². The van der Waals surface area contributed by atoms with E-state index in [1.54, 1.807) is 19.2 Å². The second-order valence-corrected chi connectivity index (χ2v) is 6.83. The Kier molecular flexibility index (Phi) is 9.02. The second-order valence-electron chi connectivity index (χ2n) is 5.55. The predicted molar refractivity (Wildman–Crippen MR) is 101 cm³/mol. The van der Waals surface area contributed by atoms with Crippen LogP contribution < -0.4 is 43.1 Å². The number of methoxy groups -OCH3 is 3. The summed E-state index contributed by atoms with van der Waals surface area (Å²) in [6, 6.07) is 10.9. The molecule has 2 aromatic rings.